The van der Waals surface area contributed by atoms with E-state index in [4.69, 9.17) is 14.2 Å². The Labute approximate surface area is 143 Å². The van der Waals surface area contributed by atoms with Crippen LogP contribution >= 0.6 is 0 Å². The Hall–Kier alpha value is -1.38. The average Bonchev–Trinajstić information content (AvgIpc) is 2.53. The third-order valence-corrected chi connectivity index (χ3v) is 4.83. The molecule has 0 bridgehead atoms. The third kappa shape index (κ3) is 6.32. The van der Waals surface area contributed by atoms with Gasteiger partial charge in [0.1, 0.15) is 0 Å². The number of ether oxygens (including phenoxy) is 3. The van der Waals surface area contributed by atoms with Gasteiger partial charge in [-0.25, -0.2) is 0 Å². The summed E-state index contributed by atoms with van der Waals surface area (Å²) in [6, 6.07) is 3.96. The van der Waals surface area contributed by atoms with Gasteiger partial charge in [-0.2, -0.15) is 0 Å². The number of hydrogen-bond donors (Lipinski definition) is 0. The lowest BCUT2D eigenvalue weighted by molar-refractivity contribution is 0.240. The van der Waals surface area contributed by atoms with Gasteiger partial charge in [0.05, 0.1) is 21.3 Å². The minimum atomic E-state index is 0.429. The molecular formula is C20H36O3. The van der Waals surface area contributed by atoms with Crippen LogP contribution in [0.15, 0.2) is 12.1 Å². The van der Waals surface area contributed by atoms with Crippen molar-refractivity contribution in [2.45, 2.75) is 60.8 Å². The highest BCUT2D eigenvalue weighted by molar-refractivity contribution is 5.54. The lowest BCUT2D eigenvalue weighted by Crippen LogP contribution is -2.17. The van der Waals surface area contributed by atoms with Gasteiger partial charge in [-0.3, -0.25) is 0 Å². The summed E-state index contributed by atoms with van der Waals surface area (Å²) < 4.78 is 15.8. The van der Waals surface area contributed by atoms with Crippen LogP contribution in [0.3, 0.4) is 0 Å². The van der Waals surface area contributed by atoms with Gasteiger partial charge in [0.15, 0.2) is 11.5 Å². The van der Waals surface area contributed by atoms with Crippen molar-refractivity contribution in [3.05, 3.63) is 17.7 Å². The minimum absolute atomic E-state index is 0.429. The maximum Gasteiger partial charge on any atom is 0.203 e. The van der Waals surface area contributed by atoms with E-state index in [9.17, 15) is 0 Å². The molecule has 0 aliphatic rings. The van der Waals surface area contributed by atoms with Crippen molar-refractivity contribution in [2.75, 3.05) is 21.3 Å². The largest absolute Gasteiger partial charge is 0.493 e. The Morgan fingerprint density at radius 2 is 1.30 bits per heavy atom. The monoisotopic (exact) mass is 324 g/mol. The molecule has 0 atom stereocenters. The fraction of sp³-hybridized carbons (Fsp3) is 0.700. The van der Waals surface area contributed by atoms with E-state index in [-0.39, 0.29) is 0 Å². The Balaban J connectivity index is 0.000000515. The van der Waals surface area contributed by atoms with E-state index in [1.165, 1.54) is 12.0 Å². The summed E-state index contributed by atoms with van der Waals surface area (Å²) >= 11 is 0. The molecule has 0 spiro atoms. The molecule has 1 aromatic rings. The molecule has 23 heavy (non-hydrogen) atoms. The topological polar surface area (TPSA) is 27.7 Å². The summed E-state index contributed by atoms with van der Waals surface area (Å²) in [5.74, 6) is 3.30. The van der Waals surface area contributed by atoms with Crippen LogP contribution in [-0.2, 0) is 0 Å². The van der Waals surface area contributed by atoms with Gasteiger partial charge in [0.2, 0.25) is 5.75 Å². The highest BCUT2D eigenvalue weighted by atomic mass is 16.5. The first-order valence-electron chi connectivity index (χ1n) is 8.44. The molecular weight excluding hydrogens is 288 g/mol. The minimum Gasteiger partial charge on any atom is -0.493 e. The van der Waals surface area contributed by atoms with Gasteiger partial charge in [-0.15, -0.1) is 0 Å². The molecule has 0 N–H and O–H groups in total. The van der Waals surface area contributed by atoms with Crippen molar-refractivity contribution in [1.29, 1.82) is 0 Å². The second kappa shape index (κ2) is 9.69. The maximum absolute atomic E-state index is 5.26. The fourth-order valence-corrected chi connectivity index (χ4v) is 1.84. The summed E-state index contributed by atoms with van der Waals surface area (Å²) in [5, 5.41) is 0. The molecule has 0 saturated carbocycles. The van der Waals surface area contributed by atoms with Crippen LogP contribution in [0.25, 0.3) is 0 Å². The van der Waals surface area contributed by atoms with Crippen molar-refractivity contribution in [3.63, 3.8) is 0 Å². The Kier molecular flexibility index (Phi) is 9.11. The molecule has 1 aromatic carbocycles. The summed E-state index contributed by atoms with van der Waals surface area (Å²) in [5.41, 5.74) is 1.71. The zero-order chi connectivity index (χ0) is 18.2. The highest BCUT2D eigenvalue weighted by Gasteiger charge is 2.18. The summed E-state index contributed by atoms with van der Waals surface area (Å²) in [6.45, 7) is 15.7. The molecule has 0 amide bonds. The van der Waals surface area contributed by atoms with Crippen LogP contribution in [0.1, 0.15) is 66.4 Å². The zero-order valence-electron chi connectivity index (χ0n) is 16.7. The van der Waals surface area contributed by atoms with Crippen molar-refractivity contribution < 1.29 is 14.2 Å². The third-order valence-electron chi connectivity index (χ3n) is 4.83. The molecule has 3 nitrogen and oxygen atoms in total. The van der Waals surface area contributed by atoms with E-state index >= 15 is 0 Å². The number of methoxy groups -OCH3 is 3. The van der Waals surface area contributed by atoms with Crippen molar-refractivity contribution in [1.82, 2.24) is 0 Å². The quantitative estimate of drug-likeness (QED) is 0.650. The smallest absolute Gasteiger partial charge is 0.203 e. The van der Waals surface area contributed by atoms with Gasteiger partial charge in [0.25, 0.3) is 0 Å². The molecule has 1 rings (SSSR count). The van der Waals surface area contributed by atoms with Gasteiger partial charge < -0.3 is 14.2 Å². The second-order valence-electron chi connectivity index (χ2n) is 7.11. The fourth-order valence-electron chi connectivity index (χ4n) is 1.84. The van der Waals surface area contributed by atoms with E-state index in [1.807, 2.05) is 12.1 Å². The first-order chi connectivity index (χ1) is 10.6. The van der Waals surface area contributed by atoms with Crippen LogP contribution in [0.4, 0.5) is 0 Å². The van der Waals surface area contributed by atoms with E-state index in [2.05, 4.69) is 48.5 Å². The molecule has 134 valence electrons. The van der Waals surface area contributed by atoms with Gasteiger partial charge in [-0.05, 0) is 34.9 Å². The number of rotatable bonds is 6. The molecule has 0 radical (unpaired) electrons. The Morgan fingerprint density at radius 3 is 1.48 bits per heavy atom. The molecule has 3 heteroatoms. The Morgan fingerprint density at radius 1 is 0.870 bits per heavy atom. The van der Waals surface area contributed by atoms with E-state index in [1.54, 1.807) is 21.3 Å². The lowest BCUT2D eigenvalue weighted by atomic mass is 9.79. The van der Waals surface area contributed by atoms with Crippen molar-refractivity contribution in [3.8, 4) is 17.2 Å². The summed E-state index contributed by atoms with van der Waals surface area (Å²) in [4.78, 5) is 0. The predicted molar refractivity (Wildman–Crippen MR) is 99.1 cm³/mol. The van der Waals surface area contributed by atoms with Crippen molar-refractivity contribution in [2.24, 2.45) is 11.3 Å². The summed E-state index contributed by atoms with van der Waals surface area (Å²) in [6.07, 6.45) is 1.28. The highest BCUT2D eigenvalue weighted by Crippen LogP contribution is 2.39. The SMILES string of the molecule is CCC(C)(C)C(C)C.COc1cc(C(C)C)cc(OC)c1OC. The van der Waals surface area contributed by atoms with Gasteiger partial charge >= 0.3 is 0 Å². The first kappa shape index (κ1) is 21.6. The van der Waals surface area contributed by atoms with Crippen molar-refractivity contribution >= 4 is 0 Å². The standard InChI is InChI=1S/C12H18O3.C8H18/c1-8(2)9-6-10(13-3)12(15-5)11(7-9)14-4;1-6-8(4,5)7(2)3/h6-8H,1-5H3;7H,6H2,1-5H3. The average molecular weight is 325 g/mol. The van der Waals surface area contributed by atoms with E-state index in [0.29, 0.717) is 28.6 Å². The molecule has 0 heterocycles. The van der Waals surface area contributed by atoms with E-state index < -0.39 is 0 Å². The molecule has 0 unspecified atom stereocenters. The van der Waals surface area contributed by atoms with Crippen LogP contribution < -0.4 is 14.2 Å². The van der Waals surface area contributed by atoms with E-state index in [0.717, 1.165) is 5.92 Å². The number of hydrogen-bond acceptors (Lipinski definition) is 3. The van der Waals surface area contributed by atoms with Crippen LogP contribution in [0, 0.1) is 11.3 Å². The summed E-state index contributed by atoms with van der Waals surface area (Å²) in [7, 11) is 4.86. The first-order valence-corrected chi connectivity index (χ1v) is 8.44. The zero-order valence-corrected chi connectivity index (χ0v) is 16.7. The molecule has 0 aliphatic carbocycles. The van der Waals surface area contributed by atoms with Crippen LogP contribution in [-0.4, -0.2) is 21.3 Å². The molecule has 0 saturated heterocycles. The normalized spacial score (nSPS) is 11.1. The second-order valence-corrected chi connectivity index (χ2v) is 7.11. The van der Waals surface area contributed by atoms with Crippen LogP contribution in [0.5, 0.6) is 17.2 Å². The molecule has 0 fully saturated rings. The number of benzene rings is 1. The maximum atomic E-state index is 5.26. The van der Waals surface area contributed by atoms with Gasteiger partial charge in [0, 0.05) is 0 Å². The van der Waals surface area contributed by atoms with Gasteiger partial charge in [-0.1, -0.05) is 54.9 Å². The molecule has 0 aromatic heterocycles. The van der Waals surface area contributed by atoms with Crippen LogP contribution in [0.2, 0.25) is 0 Å². The Bertz CT molecular complexity index is 437. The lowest BCUT2D eigenvalue weighted by Gasteiger charge is -2.27. The predicted octanol–water partition coefficient (Wildman–Crippen LogP) is 5.91. The molecule has 0 aliphatic heterocycles.